The Morgan fingerprint density at radius 2 is 2.03 bits per heavy atom. The normalized spacial score (nSPS) is 22.4. The van der Waals surface area contributed by atoms with Crippen molar-refractivity contribution in [3.63, 3.8) is 0 Å². The lowest BCUT2D eigenvalue weighted by Gasteiger charge is -2.39. The molecule has 2 heterocycles. The minimum Gasteiger partial charge on any atom is -0.444 e. The number of nitriles is 1. The monoisotopic (exact) mass is 483 g/mol. The van der Waals surface area contributed by atoms with Gasteiger partial charge in [-0.2, -0.15) is 5.26 Å². The highest BCUT2D eigenvalue weighted by Crippen LogP contribution is 2.39. The van der Waals surface area contributed by atoms with Gasteiger partial charge in [-0.25, -0.2) is 9.78 Å². The predicted molar refractivity (Wildman–Crippen MR) is 127 cm³/mol. The summed E-state index contributed by atoms with van der Waals surface area (Å²) in [6.45, 7) is 7.40. The largest absolute Gasteiger partial charge is 0.444 e. The molecule has 9 nitrogen and oxygen atoms in total. The summed E-state index contributed by atoms with van der Waals surface area (Å²) in [5.41, 5.74) is -0.0585. The Hall–Kier alpha value is -3.38. The van der Waals surface area contributed by atoms with Crippen LogP contribution in [0.25, 0.3) is 10.8 Å². The molecule has 1 saturated carbocycles. The highest BCUT2D eigenvalue weighted by molar-refractivity contribution is 6.36. The number of anilines is 2. The van der Waals surface area contributed by atoms with Gasteiger partial charge in [0.05, 0.1) is 29.0 Å². The van der Waals surface area contributed by atoms with Crippen molar-refractivity contribution >= 4 is 51.8 Å². The maximum atomic E-state index is 13.0. The zero-order valence-corrected chi connectivity index (χ0v) is 20.2. The molecule has 1 N–H and O–H groups in total. The number of fused-ring (bicyclic) bond motifs is 1. The zero-order chi connectivity index (χ0) is 24.8. The summed E-state index contributed by atoms with van der Waals surface area (Å²) in [6, 6.07) is 6.99. The molecule has 1 aliphatic heterocycles. The summed E-state index contributed by atoms with van der Waals surface area (Å²) >= 11 is 6.50. The van der Waals surface area contributed by atoms with Crippen molar-refractivity contribution < 1.29 is 19.1 Å². The number of rotatable bonds is 3. The number of nitrogens with one attached hydrogen (secondary N) is 1. The van der Waals surface area contributed by atoms with Crippen LogP contribution < -0.4 is 10.2 Å². The lowest BCUT2D eigenvalue weighted by atomic mass is 10.1. The van der Waals surface area contributed by atoms with E-state index in [4.69, 9.17) is 21.6 Å². The molecule has 0 radical (unpaired) electrons. The van der Waals surface area contributed by atoms with Gasteiger partial charge in [0.1, 0.15) is 18.0 Å². The van der Waals surface area contributed by atoms with Crippen LogP contribution in [0, 0.1) is 23.2 Å². The van der Waals surface area contributed by atoms with Gasteiger partial charge in [0.25, 0.3) is 0 Å². The van der Waals surface area contributed by atoms with Crippen LogP contribution in [0.4, 0.5) is 16.3 Å². The number of hydrogen-bond donors (Lipinski definition) is 1. The van der Waals surface area contributed by atoms with Crippen molar-refractivity contribution in [3.05, 3.63) is 29.4 Å². The Balaban J connectivity index is 1.55. The number of ether oxygens (including phenoxy) is 1. The van der Waals surface area contributed by atoms with Gasteiger partial charge in [0.15, 0.2) is 0 Å². The summed E-state index contributed by atoms with van der Waals surface area (Å²) in [7, 11) is 0. The molecule has 0 spiro atoms. The summed E-state index contributed by atoms with van der Waals surface area (Å²) in [5.74, 6) is -0.685. The van der Waals surface area contributed by atoms with Crippen molar-refractivity contribution in [2.75, 3.05) is 23.3 Å². The number of pyridine rings is 1. The fraction of sp³-hybridized carbons (Fsp3) is 0.458. The quantitative estimate of drug-likeness (QED) is 0.706. The first kappa shape index (κ1) is 23.8. The standard InChI is InChI=1S/C24H26ClN5O4/c1-13-11-29(23(33)34-24(2,3)4)12-21(31)30(13)16-5-14-7-20(27-10-18(14)19(25)8-16)28-22(32)17-6-15(17)9-26/h5,7-8,10,13,15,17H,6,11-12H2,1-4H3,(H,27,28,32)/t13?,15-,17+/m1/s1. The van der Waals surface area contributed by atoms with Crippen LogP contribution in [-0.4, -0.2) is 52.5 Å². The Kier molecular flexibility index (Phi) is 6.13. The molecule has 2 aromatic rings. The van der Waals surface area contributed by atoms with E-state index in [1.165, 1.54) is 4.90 Å². The molecule has 2 aliphatic rings. The third-order valence-corrected chi connectivity index (χ3v) is 6.08. The van der Waals surface area contributed by atoms with Gasteiger partial charge in [0.2, 0.25) is 11.8 Å². The van der Waals surface area contributed by atoms with Crippen molar-refractivity contribution in [1.29, 1.82) is 5.26 Å². The first-order valence-electron chi connectivity index (χ1n) is 11.1. The van der Waals surface area contributed by atoms with Gasteiger partial charge in [0, 0.05) is 23.8 Å². The van der Waals surface area contributed by atoms with Crippen LogP contribution in [0.5, 0.6) is 0 Å². The molecule has 3 atom stereocenters. The van der Waals surface area contributed by atoms with Crippen LogP contribution in [0.15, 0.2) is 24.4 Å². The topological polar surface area (TPSA) is 116 Å². The number of carbonyl (C=O) groups is 3. The molecule has 3 amide bonds. The van der Waals surface area contributed by atoms with Gasteiger partial charge in [-0.05, 0) is 57.7 Å². The van der Waals surface area contributed by atoms with Crippen LogP contribution >= 0.6 is 11.6 Å². The SMILES string of the molecule is CC1CN(C(=O)OC(C)(C)C)CC(=O)N1c1cc(Cl)c2cnc(NC(=O)[C@H]3C[C@@H]3C#N)cc2c1. The smallest absolute Gasteiger partial charge is 0.410 e. The Morgan fingerprint density at radius 3 is 2.65 bits per heavy atom. The summed E-state index contributed by atoms with van der Waals surface area (Å²) in [6.07, 6.45) is 1.60. The van der Waals surface area contributed by atoms with Crippen molar-refractivity contribution in [2.24, 2.45) is 11.8 Å². The van der Waals surface area contributed by atoms with E-state index in [9.17, 15) is 14.4 Å². The summed E-state index contributed by atoms with van der Waals surface area (Å²) in [4.78, 5) is 45.1. The second-order valence-electron chi connectivity index (χ2n) is 9.76. The van der Waals surface area contributed by atoms with E-state index < -0.39 is 11.7 Å². The van der Waals surface area contributed by atoms with E-state index in [0.29, 0.717) is 40.3 Å². The average Bonchev–Trinajstić information content (AvgIpc) is 3.52. The van der Waals surface area contributed by atoms with E-state index in [2.05, 4.69) is 16.4 Å². The maximum Gasteiger partial charge on any atom is 0.410 e. The average molecular weight is 484 g/mol. The van der Waals surface area contributed by atoms with Crippen molar-refractivity contribution in [3.8, 4) is 6.07 Å². The highest BCUT2D eigenvalue weighted by Gasteiger charge is 2.43. The van der Waals surface area contributed by atoms with Crippen molar-refractivity contribution in [2.45, 2.75) is 45.8 Å². The second-order valence-corrected chi connectivity index (χ2v) is 10.2. The zero-order valence-electron chi connectivity index (χ0n) is 19.5. The van der Waals surface area contributed by atoms with E-state index in [1.807, 2.05) is 13.0 Å². The molecular weight excluding hydrogens is 458 g/mol. The van der Waals surface area contributed by atoms with E-state index >= 15 is 0 Å². The molecule has 10 heteroatoms. The molecular formula is C24H26ClN5O4. The van der Waals surface area contributed by atoms with E-state index in [-0.39, 0.29) is 36.2 Å². The minimum atomic E-state index is -0.650. The number of benzene rings is 1. The first-order valence-corrected chi connectivity index (χ1v) is 11.4. The van der Waals surface area contributed by atoms with Gasteiger partial charge in [-0.1, -0.05) is 11.6 Å². The number of carbonyl (C=O) groups excluding carboxylic acids is 3. The molecule has 1 saturated heterocycles. The van der Waals surface area contributed by atoms with Gasteiger partial charge < -0.3 is 15.0 Å². The maximum absolute atomic E-state index is 13.0. The van der Waals surface area contributed by atoms with Crippen molar-refractivity contribution in [1.82, 2.24) is 9.88 Å². The molecule has 0 bridgehead atoms. The number of amides is 3. The Bertz CT molecular complexity index is 1220. The third kappa shape index (κ3) is 4.92. The Morgan fingerprint density at radius 1 is 1.29 bits per heavy atom. The Labute approximate surface area is 202 Å². The number of aromatic nitrogens is 1. The summed E-state index contributed by atoms with van der Waals surface area (Å²) in [5, 5.41) is 13.5. The van der Waals surface area contributed by atoms with Gasteiger partial charge in [-0.3, -0.25) is 14.5 Å². The van der Waals surface area contributed by atoms with Gasteiger partial charge in [-0.15, -0.1) is 0 Å². The molecule has 34 heavy (non-hydrogen) atoms. The van der Waals surface area contributed by atoms with E-state index in [0.717, 1.165) is 0 Å². The minimum absolute atomic E-state index is 0.103. The lowest BCUT2D eigenvalue weighted by Crippen LogP contribution is -2.57. The third-order valence-electron chi connectivity index (χ3n) is 5.77. The predicted octanol–water partition coefficient (Wildman–Crippen LogP) is 3.96. The lowest BCUT2D eigenvalue weighted by molar-refractivity contribution is -0.122. The van der Waals surface area contributed by atoms with Crippen LogP contribution in [-0.2, 0) is 14.3 Å². The van der Waals surface area contributed by atoms with Crippen LogP contribution in [0.1, 0.15) is 34.1 Å². The van der Waals surface area contributed by atoms with Crippen LogP contribution in [0.2, 0.25) is 5.02 Å². The molecule has 1 aliphatic carbocycles. The van der Waals surface area contributed by atoms with E-state index in [1.54, 1.807) is 44.0 Å². The number of hydrogen-bond acceptors (Lipinski definition) is 6. The number of halogens is 1. The molecule has 1 unspecified atom stereocenters. The van der Waals surface area contributed by atoms with Gasteiger partial charge >= 0.3 is 6.09 Å². The molecule has 2 fully saturated rings. The van der Waals surface area contributed by atoms with Crippen LogP contribution in [0.3, 0.4) is 0 Å². The first-order chi connectivity index (χ1) is 16.0. The number of piperazine rings is 1. The number of nitrogens with zero attached hydrogens (tertiary/aromatic N) is 4. The molecule has 1 aromatic heterocycles. The molecule has 178 valence electrons. The second kappa shape index (κ2) is 8.76. The fourth-order valence-electron chi connectivity index (χ4n) is 4.07. The molecule has 4 rings (SSSR count). The highest BCUT2D eigenvalue weighted by atomic mass is 35.5. The molecule has 1 aromatic carbocycles. The fourth-order valence-corrected chi connectivity index (χ4v) is 4.34. The summed E-state index contributed by atoms with van der Waals surface area (Å²) < 4.78 is 5.41.